The maximum atomic E-state index is 12.8. The fourth-order valence-corrected chi connectivity index (χ4v) is 3.83. The Kier molecular flexibility index (Phi) is 5.00. The van der Waals surface area contributed by atoms with E-state index >= 15 is 0 Å². The molecule has 2 saturated heterocycles. The van der Waals surface area contributed by atoms with Crippen molar-refractivity contribution in [2.45, 2.75) is 37.8 Å². The molecule has 1 atom stereocenters. The number of likely N-dealkylation sites (N-methyl/N-ethyl adjacent to an activating group) is 1. The zero-order valence-electron chi connectivity index (χ0n) is 14.9. The van der Waals surface area contributed by atoms with Crippen LogP contribution >= 0.6 is 0 Å². The molecule has 0 aromatic carbocycles. The number of fused-ring (bicyclic) bond motifs is 1. The molecule has 0 bridgehead atoms. The summed E-state index contributed by atoms with van der Waals surface area (Å²) in [7, 11) is 2.00. The van der Waals surface area contributed by atoms with Crippen molar-refractivity contribution in [1.82, 2.24) is 24.6 Å². The first kappa shape index (κ1) is 16.9. The number of morpholine rings is 1. The Morgan fingerprint density at radius 3 is 2.72 bits per heavy atom. The molecule has 8 heteroatoms. The summed E-state index contributed by atoms with van der Waals surface area (Å²) in [6, 6.07) is -0.162. The molecule has 0 radical (unpaired) electrons. The van der Waals surface area contributed by atoms with Crippen LogP contribution in [0, 0.1) is 0 Å². The molecule has 0 unspecified atom stereocenters. The fourth-order valence-electron chi connectivity index (χ4n) is 3.83. The minimum absolute atomic E-state index is 0.162. The van der Waals surface area contributed by atoms with Gasteiger partial charge in [-0.25, -0.2) is 9.67 Å². The molecule has 25 heavy (non-hydrogen) atoms. The van der Waals surface area contributed by atoms with Gasteiger partial charge < -0.3 is 14.4 Å². The molecule has 138 valence electrons. The van der Waals surface area contributed by atoms with Crippen LogP contribution in [-0.2, 0) is 27.2 Å². The third kappa shape index (κ3) is 3.56. The van der Waals surface area contributed by atoms with Crippen molar-refractivity contribution in [2.75, 3.05) is 53.1 Å². The van der Waals surface area contributed by atoms with Crippen molar-refractivity contribution in [3.8, 4) is 0 Å². The van der Waals surface area contributed by atoms with Crippen molar-refractivity contribution in [3.05, 3.63) is 11.6 Å². The van der Waals surface area contributed by atoms with E-state index < -0.39 is 0 Å². The number of amides is 1. The number of aromatic nitrogens is 3. The molecule has 0 aliphatic carbocycles. The number of carbonyl (C=O) groups excluding carboxylic acids is 1. The molecule has 1 amide bonds. The standard InChI is InChI=1S/C17H27N5O3/c1-20-8-11-25-12-14(20)17(23)21-5-2-15-18-16(19-22(15)7-6-21)13-3-9-24-10-4-13/h13-14H,2-12H2,1H3/t14-/m0/s1. The smallest absolute Gasteiger partial charge is 0.242 e. The number of ether oxygens (including phenoxy) is 2. The van der Waals surface area contributed by atoms with Crippen LogP contribution in [0.15, 0.2) is 0 Å². The van der Waals surface area contributed by atoms with Crippen LogP contribution in [0.4, 0.5) is 0 Å². The lowest BCUT2D eigenvalue weighted by Gasteiger charge is -2.34. The summed E-state index contributed by atoms with van der Waals surface area (Å²) in [5.74, 6) is 2.54. The molecular formula is C17H27N5O3. The van der Waals surface area contributed by atoms with Crippen LogP contribution in [0.2, 0.25) is 0 Å². The Labute approximate surface area is 148 Å². The first-order chi connectivity index (χ1) is 12.2. The average Bonchev–Trinajstić information content (AvgIpc) is 2.96. The monoisotopic (exact) mass is 349 g/mol. The van der Waals surface area contributed by atoms with Gasteiger partial charge in [-0.3, -0.25) is 9.69 Å². The minimum Gasteiger partial charge on any atom is -0.381 e. The molecule has 0 N–H and O–H groups in total. The van der Waals surface area contributed by atoms with Gasteiger partial charge in [-0.2, -0.15) is 5.10 Å². The van der Waals surface area contributed by atoms with E-state index in [-0.39, 0.29) is 11.9 Å². The van der Waals surface area contributed by atoms with Crippen LogP contribution in [0.5, 0.6) is 0 Å². The number of nitrogens with zero attached hydrogens (tertiary/aromatic N) is 5. The topological polar surface area (TPSA) is 72.7 Å². The second-order valence-corrected chi connectivity index (χ2v) is 7.14. The van der Waals surface area contributed by atoms with Crippen LogP contribution < -0.4 is 0 Å². The Balaban J connectivity index is 1.40. The maximum absolute atomic E-state index is 12.8. The van der Waals surface area contributed by atoms with E-state index in [1.807, 2.05) is 16.6 Å². The van der Waals surface area contributed by atoms with E-state index in [0.29, 0.717) is 38.8 Å². The zero-order chi connectivity index (χ0) is 17.2. The van der Waals surface area contributed by atoms with Crippen molar-refractivity contribution in [1.29, 1.82) is 0 Å². The second kappa shape index (κ2) is 7.39. The van der Waals surface area contributed by atoms with Gasteiger partial charge in [-0.1, -0.05) is 0 Å². The van der Waals surface area contributed by atoms with Gasteiger partial charge in [0, 0.05) is 45.2 Å². The van der Waals surface area contributed by atoms with E-state index in [1.54, 1.807) is 0 Å². The van der Waals surface area contributed by atoms with Gasteiger partial charge >= 0.3 is 0 Å². The van der Waals surface area contributed by atoms with Gasteiger partial charge in [0.15, 0.2) is 5.82 Å². The lowest BCUT2D eigenvalue weighted by molar-refractivity contribution is -0.142. The van der Waals surface area contributed by atoms with Crippen LogP contribution in [0.3, 0.4) is 0 Å². The highest BCUT2D eigenvalue weighted by molar-refractivity contribution is 5.82. The Morgan fingerprint density at radius 1 is 1.08 bits per heavy atom. The number of hydrogen-bond acceptors (Lipinski definition) is 6. The Morgan fingerprint density at radius 2 is 1.92 bits per heavy atom. The largest absolute Gasteiger partial charge is 0.381 e. The number of carbonyl (C=O) groups is 1. The van der Waals surface area contributed by atoms with Crippen LogP contribution in [0.25, 0.3) is 0 Å². The highest BCUT2D eigenvalue weighted by atomic mass is 16.5. The molecule has 4 rings (SSSR count). The first-order valence-electron chi connectivity index (χ1n) is 9.30. The number of rotatable bonds is 2. The summed E-state index contributed by atoms with van der Waals surface area (Å²) >= 11 is 0. The zero-order valence-corrected chi connectivity index (χ0v) is 14.9. The van der Waals surface area contributed by atoms with Crippen molar-refractivity contribution in [2.24, 2.45) is 0 Å². The predicted molar refractivity (Wildman–Crippen MR) is 90.3 cm³/mol. The first-order valence-corrected chi connectivity index (χ1v) is 9.30. The van der Waals surface area contributed by atoms with Crippen LogP contribution in [-0.4, -0.2) is 89.6 Å². The van der Waals surface area contributed by atoms with Gasteiger partial charge in [0.2, 0.25) is 5.91 Å². The molecule has 0 spiro atoms. The lowest BCUT2D eigenvalue weighted by atomic mass is 10.00. The molecule has 2 fully saturated rings. The van der Waals surface area contributed by atoms with Gasteiger partial charge in [0.1, 0.15) is 11.9 Å². The third-order valence-corrected chi connectivity index (χ3v) is 5.53. The summed E-state index contributed by atoms with van der Waals surface area (Å²) in [4.78, 5) is 21.7. The van der Waals surface area contributed by atoms with E-state index in [9.17, 15) is 4.79 Å². The predicted octanol–water partition coefficient (Wildman–Crippen LogP) is -0.113. The van der Waals surface area contributed by atoms with Gasteiger partial charge in [0.05, 0.1) is 19.8 Å². The minimum atomic E-state index is -0.162. The lowest BCUT2D eigenvalue weighted by Crippen LogP contribution is -2.53. The van der Waals surface area contributed by atoms with Gasteiger partial charge in [0.25, 0.3) is 0 Å². The molecule has 8 nitrogen and oxygen atoms in total. The molecule has 1 aromatic rings. The van der Waals surface area contributed by atoms with Crippen molar-refractivity contribution < 1.29 is 14.3 Å². The summed E-state index contributed by atoms with van der Waals surface area (Å²) < 4.78 is 12.9. The Bertz CT molecular complexity index is 588. The van der Waals surface area contributed by atoms with Crippen molar-refractivity contribution >= 4 is 5.91 Å². The fraction of sp³-hybridized carbons (Fsp3) is 0.824. The second-order valence-electron chi connectivity index (χ2n) is 7.14. The van der Waals surface area contributed by atoms with Gasteiger partial charge in [-0.15, -0.1) is 0 Å². The van der Waals surface area contributed by atoms with Crippen LogP contribution in [0.1, 0.15) is 30.4 Å². The summed E-state index contributed by atoms with van der Waals surface area (Å²) in [5.41, 5.74) is 0. The van der Waals surface area contributed by atoms with E-state index in [1.165, 1.54) is 0 Å². The van der Waals surface area contributed by atoms with E-state index in [2.05, 4.69) is 4.90 Å². The summed E-state index contributed by atoms with van der Waals surface area (Å²) in [6.07, 6.45) is 2.77. The quantitative estimate of drug-likeness (QED) is 0.742. The Hall–Kier alpha value is -1.51. The molecule has 0 saturated carbocycles. The highest BCUT2D eigenvalue weighted by Crippen LogP contribution is 2.25. The highest BCUT2D eigenvalue weighted by Gasteiger charge is 2.32. The summed E-state index contributed by atoms with van der Waals surface area (Å²) in [6.45, 7) is 5.71. The maximum Gasteiger partial charge on any atom is 0.242 e. The molecule has 3 aliphatic heterocycles. The molecule has 4 heterocycles. The number of hydrogen-bond donors (Lipinski definition) is 0. The van der Waals surface area contributed by atoms with E-state index in [0.717, 1.165) is 50.7 Å². The van der Waals surface area contributed by atoms with Crippen molar-refractivity contribution in [3.63, 3.8) is 0 Å². The molecule has 3 aliphatic rings. The summed E-state index contributed by atoms with van der Waals surface area (Å²) in [5, 5.41) is 4.73. The van der Waals surface area contributed by atoms with E-state index in [4.69, 9.17) is 19.6 Å². The SMILES string of the molecule is CN1CCOC[C@H]1C(=O)N1CCc2nc(C3CCOCC3)nn2CC1. The third-order valence-electron chi connectivity index (χ3n) is 5.53. The average molecular weight is 349 g/mol. The normalized spacial score (nSPS) is 26.3. The molecular weight excluding hydrogens is 322 g/mol. The van der Waals surface area contributed by atoms with Gasteiger partial charge in [-0.05, 0) is 19.9 Å². The molecule has 1 aromatic heterocycles.